The van der Waals surface area contributed by atoms with E-state index in [2.05, 4.69) is 4.98 Å². The Kier molecular flexibility index (Phi) is 3.58. The van der Waals surface area contributed by atoms with Gasteiger partial charge in [-0.25, -0.2) is 13.8 Å². The summed E-state index contributed by atoms with van der Waals surface area (Å²) in [5.74, 6) is -0.542. The molecule has 0 unspecified atom stereocenters. The monoisotopic (exact) mass is 340 g/mol. The van der Waals surface area contributed by atoms with Crippen molar-refractivity contribution in [1.82, 2.24) is 4.98 Å². The first kappa shape index (κ1) is 12.0. The van der Waals surface area contributed by atoms with Crippen LogP contribution in [0.4, 0.5) is 14.6 Å². The fraction of sp³-hybridized carbons (Fsp3) is 0.500. The SMILES string of the molecule is COCC1CN(c2ncc(F)c(I)c2F)C1. The summed E-state index contributed by atoms with van der Waals surface area (Å²) in [5, 5.41) is 0. The van der Waals surface area contributed by atoms with Gasteiger partial charge in [-0.1, -0.05) is 0 Å². The van der Waals surface area contributed by atoms with Gasteiger partial charge in [-0.05, 0) is 22.6 Å². The van der Waals surface area contributed by atoms with Crippen molar-refractivity contribution in [2.24, 2.45) is 5.92 Å². The molecule has 1 fully saturated rings. The summed E-state index contributed by atoms with van der Waals surface area (Å²) >= 11 is 1.65. The second-order valence-corrected chi connectivity index (χ2v) is 4.86. The maximum absolute atomic E-state index is 13.7. The van der Waals surface area contributed by atoms with Crippen molar-refractivity contribution >= 4 is 28.4 Å². The molecule has 6 heteroatoms. The molecule has 16 heavy (non-hydrogen) atoms. The Morgan fingerprint density at radius 1 is 1.56 bits per heavy atom. The number of rotatable bonds is 3. The van der Waals surface area contributed by atoms with Crippen molar-refractivity contribution in [1.29, 1.82) is 0 Å². The Morgan fingerprint density at radius 3 is 2.88 bits per heavy atom. The van der Waals surface area contributed by atoms with E-state index in [0.717, 1.165) is 6.20 Å². The van der Waals surface area contributed by atoms with E-state index in [4.69, 9.17) is 4.74 Å². The summed E-state index contributed by atoms with van der Waals surface area (Å²) in [4.78, 5) is 5.58. The van der Waals surface area contributed by atoms with Crippen molar-refractivity contribution in [3.05, 3.63) is 21.4 Å². The van der Waals surface area contributed by atoms with Gasteiger partial charge in [-0.15, -0.1) is 0 Å². The first-order valence-corrected chi connectivity index (χ1v) is 5.94. The summed E-state index contributed by atoms with van der Waals surface area (Å²) in [5.41, 5.74) is 0. The van der Waals surface area contributed by atoms with Gasteiger partial charge in [0.25, 0.3) is 0 Å². The predicted molar refractivity (Wildman–Crippen MR) is 64.4 cm³/mol. The zero-order valence-electron chi connectivity index (χ0n) is 8.71. The van der Waals surface area contributed by atoms with Crippen LogP contribution in [0.1, 0.15) is 0 Å². The molecule has 2 heterocycles. The standard InChI is InChI=1S/C10H11F2IN2O/c1-16-5-6-3-15(4-6)10-8(12)9(13)7(11)2-14-10/h2,6H,3-5H2,1H3. The summed E-state index contributed by atoms with van der Waals surface area (Å²) < 4.78 is 31.7. The van der Waals surface area contributed by atoms with Gasteiger partial charge in [0, 0.05) is 26.1 Å². The molecule has 2 rings (SSSR count). The number of nitrogens with zero attached hydrogens (tertiary/aromatic N) is 2. The number of aromatic nitrogens is 1. The number of hydrogen-bond donors (Lipinski definition) is 0. The Hall–Kier alpha value is -0.500. The molecule has 0 aliphatic carbocycles. The molecule has 3 nitrogen and oxygen atoms in total. The van der Waals surface area contributed by atoms with E-state index in [1.54, 1.807) is 34.6 Å². The molecule has 0 bridgehead atoms. The van der Waals surface area contributed by atoms with Crippen molar-refractivity contribution in [3.8, 4) is 0 Å². The Labute approximate surface area is 106 Å². The van der Waals surface area contributed by atoms with Crippen LogP contribution in [0.5, 0.6) is 0 Å². The minimum absolute atomic E-state index is 0.00204. The van der Waals surface area contributed by atoms with Crippen LogP contribution >= 0.6 is 22.6 Å². The zero-order chi connectivity index (χ0) is 11.7. The van der Waals surface area contributed by atoms with Gasteiger partial charge >= 0.3 is 0 Å². The summed E-state index contributed by atoms with van der Waals surface area (Å²) in [6.07, 6.45) is 1.06. The third-order valence-electron chi connectivity index (χ3n) is 2.56. The van der Waals surface area contributed by atoms with Crippen molar-refractivity contribution < 1.29 is 13.5 Å². The topological polar surface area (TPSA) is 25.4 Å². The van der Waals surface area contributed by atoms with Crippen LogP contribution in [-0.2, 0) is 4.74 Å². The average Bonchev–Trinajstić information content (AvgIpc) is 2.21. The van der Waals surface area contributed by atoms with Gasteiger partial charge in [-0.3, -0.25) is 0 Å². The van der Waals surface area contributed by atoms with Crippen LogP contribution in [0.2, 0.25) is 0 Å². The average molecular weight is 340 g/mol. The van der Waals surface area contributed by atoms with E-state index in [9.17, 15) is 8.78 Å². The van der Waals surface area contributed by atoms with Crippen LogP contribution in [0.25, 0.3) is 0 Å². The van der Waals surface area contributed by atoms with Crippen LogP contribution < -0.4 is 4.90 Å². The lowest BCUT2D eigenvalue weighted by molar-refractivity contribution is 0.136. The normalized spacial score (nSPS) is 16.4. The molecule has 0 spiro atoms. The molecule has 1 saturated heterocycles. The van der Waals surface area contributed by atoms with Crippen LogP contribution in [0.15, 0.2) is 6.20 Å². The molecule has 0 saturated carbocycles. The van der Waals surface area contributed by atoms with E-state index in [-0.39, 0.29) is 9.39 Å². The van der Waals surface area contributed by atoms with Gasteiger partial charge in [0.05, 0.1) is 16.4 Å². The van der Waals surface area contributed by atoms with Crippen LogP contribution in [0, 0.1) is 21.1 Å². The van der Waals surface area contributed by atoms with E-state index in [1.165, 1.54) is 0 Å². The predicted octanol–water partition coefficient (Wildman–Crippen LogP) is 2.05. The summed E-state index contributed by atoms with van der Waals surface area (Å²) in [7, 11) is 1.64. The zero-order valence-corrected chi connectivity index (χ0v) is 10.9. The van der Waals surface area contributed by atoms with Gasteiger partial charge in [0.1, 0.15) is 0 Å². The Morgan fingerprint density at radius 2 is 2.25 bits per heavy atom. The lowest BCUT2D eigenvalue weighted by atomic mass is 10.0. The van der Waals surface area contributed by atoms with Crippen molar-refractivity contribution in [2.75, 3.05) is 31.7 Å². The van der Waals surface area contributed by atoms with Gasteiger partial charge in [-0.2, -0.15) is 0 Å². The van der Waals surface area contributed by atoms with E-state index in [1.807, 2.05) is 0 Å². The maximum Gasteiger partial charge on any atom is 0.181 e. The quantitative estimate of drug-likeness (QED) is 0.788. The highest BCUT2D eigenvalue weighted by molar-refractivity contribution is 14.1. The Balaban J connectivity index is 2.09. The molecular formula is C10H11F2IN2O. The molecule has 1 aliphatic heterocycles. The second-order valence-electron chi connectivity index (χ2n) is 3.78. The Bertz CT molecular complexity index is 397. The minimum Gasteiger partial charge on any atom is -0.384 e. The van der Waals surface area contributed by atoms with Crippen LogP contribution in [-0.4, -0.2) is 31.8 Å². The first-order valence-electron chi connectivity index (χ1n) is 4.87. The molecule has 0 N–H and O–H groups in total. The molecule has 1 aromatic heterocycles. The molecular weight excluding hydrogens is 329 g/mol. The van der Waals surface area contributed by atoms with E-state index < -0.39 is 11.6 Å². The molecule has 0 amide bonds. The highest BCUT2D eigenvalue weighted by atomic mass is 127. The number of ether oxygens (including phenoxy) is 1. The largest absolute Gasteiger partial charge is 0.384 e. The first-order chi connectivity index (χ1) is 7.63. The number of halogens is 3. The lowest BCUT2D eigenvalue weighted by Crippen LogP contribution is -2.49. The smallest absolute Gasteiger partial charge is 0.181 e. The molecule has 0 aromatic carbocycles. The highest BCUT2D eigenvalue weighted by Gasteiger charge is 2.30. The highest BCUT2D eigenvalue weighted by Crippen LogP contribution is 2.28. The number of anilines is 1. The lowest BCUT2D eigenvalue weighted by Gasteiger charge is -2.39. The summed E-state index contributed by atoms with van der Waals surface area (Å²) in [6.45, 7) is 2.08. The third kappa shape index (κ3) is 2.13. The van der Waals surface area contributed by atoms with Gasteiger partial charge in [0.15, 0.2) is 17.5 Å². The number of methoxy groups -OCH3 is 1. The molecule has 0 radical (unpaired) electrons. The number of hydrogen-bond acceptors (Lipinski definition) is 3. The molecule has 1 aliphatic rings. The van der Waals surface area contributed by atoms with Crippen molar-refractivity contribution in [3.63, 3.8) is 0 Å². The van der Waals surface area contributed by atoms with Gasteiger partial charge in [0.2, 0.25) is 0 Å². The second kappa shape index (κ2) is 4.79. The molecule has 88 valence electrons. The fourth-order valence-corrected chi connectivity index (χ4v) is 2.12. The minimum atomic E-state index is -0.615. The van der Waals surface area contributed by atoms with Crippen LogP contribution in [0.3, 0.4) is 0 Å². The van der Waals surface area contributed by atoms with E-state index in [0.29, 0.717) is 25.6 Å². The van der Waals surface area contributed by atoms with Gasteiger partial charge < -0.3 is 9.64 Å². The number of pyridine rings is 1. The maximum atomic E-state index is 13.7. The fourth-order valence-electron chi connectivity index (χ4n) is 1.74. The van der Waals surface area contributed by atoms with Crippen molar-refractivity contribution in [2.45, 2.75) is 0 Å². The molecule has 1 aromatic rings. The van der Waals surface area contributed by atoms with E-state index >= 15 is 0 Å². The molecule has 0 atom stereocenters. The summed E-state index contributed by atoms with van der Waals surface area (Å²) in [6, 6.07) is 0. The third-order valence-corrected chi connectivity index (χ3v) is 3.55.